The summed E-state index contributed by atoms with van der Waals surface area (Å²) < 4.78 is 13.5. The Kier molecular flexibility index (Phi) is 6.81. The van der Waals surface area contributed by atoms with Crippen LogP contribution in [0.15, 0.2) is 60.9 Å². The van der Waals surface area contributed by atoms with E-state index in [1.807, 2.05) is 54.0 Å². The molecule has 1 N–H and O–H groups in total. The summed E-state index contributed by atoms with van der Waals surface area (Å²) in [6.45, 7) is 4.57. The molecule has 8 nitrogen and oxygen atoms in total. The molecular weight excluding hydrogens is 444 g/mol. The average molecular weight is 475 g/mol. The number of hydrogen-bond donors (Lipinski definition) is 1. The fraction of sp³-hybridized carbons (Fsp3) is 0.370. The van der Waals surface area contributed by atoms with E-state index in [1.54, 1.807) is 11.2 Å². The smallest absolute Gasteiger partial charge is 0.274 e. The second-order valence-electron chi connectivity index (χ2n) is 8.92. The predicted octanol–water partition coefficient (Wildman–Crippen LogP) is 4.04. The average Bonchev–Trinajstić information content (AvgIpc) is 3.33. The number of carbonyl (C=O) groups is 2. The summed E-state index contributed by atoms with van der Waals surface area (Å²) in [6, 6.07) is 17.5. The third-order valence-electron chi connectivity index (χ3n) is 6.69. The van der Waals surface area contributed by atoms with Crippen LogP contribution in [0.5, 0.6) is 5.75 Å². The lowest BCUT2D eigenvalue weighted by Gasteiger charge is -2.31. The van der Waals surface area contributed by atoms with Gasteiger partial charge in [0.1, 0.15) is 11.9 Å². The quantitative estimate of drug-likeness (QED) is 0.583. The van der Waals surface area contributed by atoms with Gasteiger partial charge in [-0.3, -0.25) is 9.59 Å². The van der Waals surface area contributed by atoms with Gasteiger partial charge in [-0.2, -0.15) is 0 Å². The van der Waals surface area contributed by atoms with Crippen molar-refractivity contribution in [3.8, 4) is 5.75 Å². The van der Waals surface area contributed by atoms with E-state index >= 15 is 0 Å². The summed E-state index contributed by atoms with van der Waals surface area (Å²) in [5.74, 6) is 0.545. The lowest BCUT2D eigenvalue weighted by molar-refractivity contribution is -0.121. The Balaban J connectivity index is 1.16. The molecule has 2 aliphatic heterocycles. The number of anilines is 1. The summed E-state index contributed by atoms with van der Waals surface area (Å²) in [5.41, 5.74) is 3.13. The molecule has 1 atom stereocenters. The van der Waals surface area contributed by atoms with Crippen molar-refractivity contribution >= 4 is 17.5 Å². The highest BCUT2D eigenvalue weighted by molar-refractivity contribution is 5.95. The number of aromatic nitrogens is 2. The Morgan fingerprint density at radius 3 is 2.54 bits per heavy atom. The second-order valence-corrected chi connectivity index (χ2v) is 8.92. The van der Waals surface area contributed by atoms with Crippen LogP contribution in [0, 0.1) is 5.92 Å². The normalized spacial score (nSPS) is 18.1. The monoisotopic (exact) mass is 474 g/mol. The summed E-state index contributed by atoms with van der Waals surface area (Å²) in [4.78, 5) is 32.2. The highest BCUT2D eigenvalue weighted by Gasteiger charge is 2.32. The van der Waals surface area contributed by atoms with E-state index in [0.717, 1.165) is 22.7 Å². The number of ether oxygens (including phenoxy) is 2. The van der Waals surface area contributed by atoms with Crippen LogP contribution in [0.25, 0.3) is 0 Å². The highest BCUT2D eigenvalue weighted by Crippen LogP contribution is 2.29. The number of nitrogens with zero attached hydrogens (tertiary/aromatic N) is 3. The number of likely N-dealkylation sites (tertiary alicyclic amines) is 1. The van der Waals surface area contributed by atoms with E-state index in [9.17, 15) is 9.59 Å². The molecule has 3 heterocycles. The first-order valence-corrected chi connectivity index (χ1v) is 12.2. The van der Waals surface area contributed by atoms with Gasteiger partial charge in [0.05, 0.1) is 31.8 Å². The number of rotatable bonds is 6. The number of amides is 2. The molecule has 0 radical (unpaired) electrons. The molecule has 3 aromatic rings. The predicted molar refractivity (Wildman–Crippen MR) is 131 cm³/mol. The van der Waals surface area contributed by atoms with E-state index in [4.69, 9.17) is 9.47 Å². The Bertz CT molecular complexity index is 1170. The Hall–Kier alpha value is -3.65. The molecule has 2 amide bonds. The Morgan fingerprint density at radius 1 is 1.09 bits per heavy atom. The third kappa shape index (κ3) is 5.07. The zero-order valence-corrected chi connectivity index (χ0v) is 19.9. The van der Waals surface area contributed by atoms with Gasteiger partial charge in [0.15, 0.2) is 5.69 Å². The largest absolute Gasteiger partial charge is 0.494 e. The number of hydrogen-bond acceptors (Lipinski definition) is 5. The van der Waals surface area contributed by atoms with Crippen molar-refractivity contribution in [3.05, 3.63) is 77.9 Å². The van der Waals surface area contributed by atoms with Crippen LogP contribution in [-0.4, -0.2) is 46.0 Å². The van der Waals surface area contributed by atoms with Gasteiger partial charge in [-0.15, -0.1) is 0 Å². The number of carbonyl (C=O) groups excluding carboxylic acids is 2. The van der Waals surface area contributed by atoms with Gasteiger partial charge < -0.3 is 24.3 Å². The number of benzene rings is 2. The zero-order valence-electron chi connectivity index (χ0n) is 19.9. The molecule has 1 saturated heterocycles. The number of piperidine rings is 1. The van der Waals surface area contributed by atoms with Crippen molar-refractivity contribution in [1.29, 1.82) is 0 Å². The van der Waals surface area contributed by atoms with Crippen molar-refractivity contribution in [2.24, 2.45) is 5.92 Å². The Morgan fingerprint density at radius 2 is 1.83 bits per heavy atom. The van der Waals surface area contributed by atoms with Crippen molar-refractivity contribution < 1.29 is 19.1 Å². The lowest BCUT2D eigenvalue weighted by atomic mass is 9.95. The van der Waals surface area contributed by atoms with Crippen LogP contribution in [0.4, 0.5) is 5.69 Å². The van der Waals surface area contributed by atoms with Crippen LogP contribution in [0.3, 0.4) is 0 Å². The summed E-state index contributed by atoms with van der Waals surface area (Å²) in [5, 5.41) is 2.98. The minimum Gasteiger partial charge on any atom is -0.494 e. The standard InChI is InChI=1S/C27H30N4O4/c1-2-34-22-10-8-21(9-11-22)29-26(32)20-12-14-30(15-13-20)27(33)25-23-17-35-24(16-31(23)18-28-25)19-6-4-3-5-7-19/h3-11,18,20,24H,2,12-17H2,1H3,(H,29,32)/t24-/m1/s1. The van der Waals surface area contributed by atoms with E-state index < -0.39 is 0 Å². The fourth-order valence-corrected chi connectivity index (χ4v) is 4.72. The minimum atomic E-state index is -0.128. The van der Waals surface area contributed by atoms with Gasteiger partial charge in [-0.1, -0.05) is 30.3 Å². The van der Waals surface area contributed by atoms with Crippen molar-refractivity contribution in [1.82, 2.24) is 14.5 Å². The summed E-state index contributed by atoms with van der Waals surface area (Å²) in [6.07, 6.45) is 2.93. The molecule has 0 unspecified atom stereocenters. The SMILES string of the molecule is CCOc1ccc(NC(=O)C2CCN(C(=O)c3ncn4c3CO[C@@H](c3ccccc3)C4)CC2)cc1. The van der Waals surface area contributed by atoms with Gasteiger partial charge >= 0.3 is 0 Å². The molecule has 1 fully saturated rings. The van der Waals surface area contributed by atoms with E-state index in [-0.39, 0.29) is 23.8 Å². The maximum atomic E-state index is 13.2. The third-order valence-corrected chi connectivity index (χ3v) is 6.69. The second kappa shape index (κ2) is 10.3. The van der Waals surface area contributed by atoms with Crippen LogP contribution < -0.4 is 10.1 Å². The molecular formula is C27H30N4O4. The van der Waals surface area contributed by atoms with E-state index in [1.165, 1.54) is 0 Å². The van der Waals surface area contributed by atoms with E-state index in [0.29, 0.717) is 51.4 Å². The van der Waals surface area contributed by atoms with Gasteiger partial charge in [0.2, 0.25) is 5.91 Å². The summed E-state index contributed by atoms with van der Waals surface area (Å²) in [7, 11) is 0. The van der Waals surface area contributed by atoms with Gasteiger partial charge in [-0.25, -0.2) is 4.98 Å². The molecule has 0 saturated carbocycles. The van der Waals surface area contributed by atoms with Crippen molar-refractivity contribution in [3.63, 3.8) is 0 Å². The molecule has 2 aliphatic rings. The van der Waals surface area contributed by atoms with Crippen LogP contribution in [-0.2, 0) is 22.7 Å². The van der Waals surface area contributed by atoms with Crippen molar-refractivity contribution in [2.75, 3.05) is 25.0 Å². The highest BCUT2D eigenvalue weighted by atomic mass is 16.5. The van der Waals surface area contributed by atoms with Gasteiger partial charge in [0, 0.05) is 24.7 Å². The van der Waals surface area contributed by atoms with E-state index in [2.05, 4.69) is 22.4 Å². The molecule has 0 bridgehead atoms. The van der Waals surface area contributed by atoms with Gasteiger partial charge in [-0.05, 0) is 49.6 Å². The van der Waals surface area contributed by atoms with Crippen molar-refractivity contribution in [2.45, 2.75) is 39.0 Å². The van der Waals surface area contributed by atoms with Crippen LogP contribution in [0.1, 0.15) is 47.6 Å². The molecule has 0 aliphatic carbocycles. The maximum Gasteiger partial charge on any atom is 0.274 e. The molecule has 5 rings (SSSR count). The maximum absolute atomic E-state index is 13.2. The summed E-state index contributed by atoms with van der Waals surface area (Å²) >= 11 is 0. The zero-order chi connectivity index (χ0) is 24.2. The molecule has 1 aromatic heterocycles. The van der Waals surface area contributed by atoms with Crippen LogP contribution in [0.2, 0.25) is 0 Å². The van der Waals surface area contributed by atoms with Crippen LogP contribution >= 0.6 is 0 Å². The molecule has 8 heteroatoms. The minimum absolute atomic E-state index is 0.0130. The Labute approximate surface area is 204 Å². The number of imidazole rings is 1. The van der Waals surface area contributed by atoms with Gasteiger partial charge in [0.25, 0.3) is 5.91 Å². The fourth-order valence-electron chi connectivity index (χ4n) is 4.72. The first-order chi connectivity index (χ1) is 17.1. The molecule has 2 aromatic carbocycles. The first-order valence-electron chi connectivity index (χ1n) is 12.2. The molecule has 182 valence electrons. The number of fused-ring (bicyclic) bond motifs is 1. The first kappa shape index (κ1) is 23.1. The topological polar surface area (TPSA) is 85.7 Å². The number of nitrogens with one attached hydrogen (secondary N) is 1. The molecule has 35 heavy (non-hydrogen) atoms. The molecule has 0 spiro atoms. The lowest BCUT2D eigenvalue weighted by Crippen LogP contribution is -2.42.